The Labute approximate surface area is 152 Å². The highest BCUT2D eigenvalue weighted by atomic mass is 16.5. The zero-order valence-corrected chi connectivity index (χ0v) is 16.6. The molecule has 0 bridgehead atoms. The number of nitrogens with one attached hydrogen (secondary N) is 2. The normalized spacial score (nSPS) is 20.6. The molecule has 2 N–H and O–H groups in total. The second-order valence-electron chi connectivity index (χ2n) is 7.54. The first-order valence-corrected chi connectivity index (χ1v) is 9.31. The number of fused-ring (bicyclic) bond motifs is 1. The van der Waals surface area contributed by atoms with Gasteiger partial charge < -0.3 is 20.3 Å². The quantitative estimate of drug-likeness (QED) is 0.613. The van der Waals surface area contributed by atoms with Gasteiger partial charge in [0.2, 0.25) is 0 Å². The molecular weight excluding hydrogens is 312 g/mol. The fourth-order valence-electron chi connectivity index (χ4n) is 3.17. The maximum atomic E-state index is 6.11. The summed E-state index contributed by atoms with van der Waals surface area (Å²) in [6.07, 6.45) is 2.06. The van der Waals surface area contributed by atoms with E-state index in [1.165, 1.54) is 5.56 Å². The smallest absolute Gasteiger partial charge is 0.191 e. The van der Waals surface area contributed by atoms with Crippen molar-refractivity contribution in [3.63, 3.8) is 0 Å². The second-order valence-corrected chi connectivity index (χ2v) is 7.54. The molecule has 0 saturated heterocycles. The van der Waals surface area contributed by atoms with Crippen LogP contribution < -0.4 is 15.4 Å². The van der Waals surface area contributed by atoms with E-state index in [0.29, 0.717) is 6.04 Å². The van der Waals surface area contributed by atoms with Crippen molar-refractivity contribution in [2.75, 3.05) is 27.2 Å². The minimum absolute atomic E-state index is 0.193. The lowest BCUT2D eigenvalue weighted by atomic mass is 9.90. The summed E-state index contributed by atoms with van der Waals surface area (Å²) < 4.78 is 6.11. The Hall–Kier alpha value is -1.75. The van der Waals surface area contributed by atoms with Crippen LogP contribution >= 0.6 is 0 Å². The molecule has 0 radical (unpaired) electrons. The lowest BCUT2D eigenvalue weighted by molar-refractivity contribution is 0.0694. The summed E-state index contributed by atoms with van der Waals surface area (Å²) in [5, 5.41) is 7.02. The first-order chi connectivity index (χ1) is 11.9. The van der Waals surface area contributed by atoms with Crippen LogP contribution in [0.4, 0.5) is 0 Å². The summed E-state index contributed by atoms with van der Waals surface area (Å²) in [4.78, 5) is 6.77. The molecule has 0 spiro atoms. The van der Waals surface area contributed by atoms with Crippen LogP contribution in [0.15, 0.2) is 29.3 Å². The summed E-state index contributed by atoms with van der Waals surface area (Å²) in [5.41, 5.74) is 1.00. The summed E-state index contributed by atoms with van der Waals surface area (Å²) in [6.45, 7) is 10.6. The maximum absolute atomic E-state index is 6.11. The molecular formula is C20H34N4O. The van der Waals surface area contributed by atoms with E-state index in [2.05, 4.69) is 67.4 Å². The summed E-state index contributed by atoms with van der Waals surface area (Å²) in [5.74, 6) is 1.80. The minimum Gasteiger partial charge on any atom is -0.487 e. The van der Waals surface area contributed by atoms with Gasteiger partial charge in [0.1, 0.15) is 11.4 Å². The predicted octanol–water partition coefficient (Wildman–Crippen LogP) is 3.18. The van der Waals surface area contributed by atoms with E-state index in [-0.39, 0.29) is 11.6 Å². The molecule has 140 valence electrons. The Morgan fingerprint density at radius 1 is 1.40 bits per heavy atom. The van der Waals surface area contributed by atoms with E-state index in [1.54, 1.807) is 0 Å². The molecule has 1 heterocycles. The van der Waals surface area contributed by atoms with E-state index in [0.717, 1.165) is 37.6 Å². The topological polar surface area (TPSA) is 48.9 Å². The first-order valence-electron chi connectivity index (χ1n) is 9.31. The Morgan fingerprint density at radius 3 is 2.80 bits per heavy atom. The van der Waals surface area contributed by atoms with Crippen molar-refractivity contribution in [2.24, 2.45) is 4.99 Å². The van der Waals surface area contributed by atoms with Gasteiger partial charge in [-0.2, -0.15) is 0 Å². The molecule has 2 atom stereocenters. The van der Waals surface area contributed by atoms with Crippen LogP contribution in [0.5, 0.6) is 5.75 Å². The third kappa shape index (κ3) is 5.36. The largest absolute Gasteiger partial charge is 0.487 e. The predicted molar refractivity (Wildman–Crippen MR) is 105 cm³/mol. The highest BCUT2D eigenvalue weighted by Crippen LogP contribution is 2.39. The lowest BCUT2D eigenvalue weighted by Crippen LogP contribution is -2.47. The van der Waals surface area contributed by atoms with Gasteiger partial charge in [0.25, 0.3) is 0 Å². The molecule has 1 aromatic carbocycles. The molecule has 25 heavy (non-hydrogen) atoms. The maximum Gasteiger partial charge on any atom is 0.191 e. The molecule has 1 aliphatic rings. The van der Waals surface area contributed by atoms with E-state index >= 15 is 0 Å². The average Bonchev–Trinajstić information content (AvgIpc) is 2.58. The Bertz CT molecular complexity index is 585. The zero-order valence-electron chi connectivity index (χ0n) is 16.6. The molecule has 2 rings (SSSR count). The number of likely N-dealkylation sites (N-methyl/N-ethyl adjacent to an activating group) is 1. The Kier molecular flexibility index (Phi) is 6.71. The van der Waals surface area contributed by atoms with Crippen LogP contribution in [0.1, 0.15) is 52.1 Å². The first kappa shape index (κ1) is 19.6. The van der Waals surface area contributed by atoms with Gasteiger partial charge in [0, 0.05) is 38.2 Å². The van der Waals surface area contributed by atoms with Gasteiger partial charge in [-0.1, -0.05) is 25.1 Å². The summed E-state index contributed by atoms with van der Waals surface area (Å²) >= 11 is 0. The third-order valence-electron chi connectivity index (χ3n) is 5.01. The van der Waals surface area contributed by atoms with Gasteiger partial charge in [-0.3, -0.25) is 4.99 Å². The molecule has 0 saturated carbocycles. The fraction of sp³-hybridized carbons (Fsp3) is 0.650. The summed E-state index contributed by atoms with van der Waals surface area (Å²) in [6, 6.07) is 9.05. The molecule has 0 fully saturated rings. The fourth-order valence-corrected chi connectivity index (χ4v) is 3.17. The van der Waals surface area contributed by atoms with E-state index in [9.17, 15) is 0 Å². The van der Waals surface area contributed by atoms with E-state index in [1.807, 2.05) is 19.2 Å². The number of ether oxygens (including phenoxy) is 1. The SMILES string of the molecule is CCC(C)N(C)CCNC(=NC)NC1CC(C)(C)Oc2ccccc21. The van der Waals surface area contributed by atoms with Crippen LogP contribution in [-0.2, 0) is 0 Å². The van der Waals surface area contributed by atoms with Gasteiger partial charge in [-0.15, -0.1) is 0 Å². The molecule has 0 amide bonds. The zero-order chi connectivity index (χ0) is 18.4. The highest BCUT2D eigenvalue weighted by molar-refractivity contribution is 5.80. The number of aliphatic imine (C=N–C) groups is 1. The van der Waals surface area contributed by atoms with Crippen molar-refractivity contribution < 1.29 is 4.74 Å². The standard InChI is InChI=1S/C20H34N4O/c1-7-15(2)24(6)13-12-22-19(21-5)23-17-14-20(3,4)25-18-11-9-8-10-16(17)18/h8-11,15,17H,7,12-14H2,1-6H3,(H2,21,22,23). The molecule has 0 aliphatic carbocycles. The van der Waals surface area contributed by atoms with Crippen molar-refractivity contribution in [2.45, 2.75) is 58.2 Å². The second kappa shape index (κ2) is 8.56. The van der Waals surface area contributed by atoms with E-state index in [4.69, 9.17) is 4.74 Å². The van der Waals surface area contributed by atoms with E-state index < -0.39 is 0 Å². The van der Waals surface area contributed by atoms with Crippen molar-refractivity contribution in [1.82, 2.24) is 15.5 Å². The Morgan fingerprint density at radius 2 is 2.12 bits per heavy atom. The van der Waals surface area contributed by atoms with Crippen LogP contribution in [-0.4, -0.2) is 49.7 Å². The number of hydrogen-bond acceptors (Lipinski definition) is 3. The lowest BCUT2D eigenvalue weighted by Gasteiger charge is -2.38. The average molecular weight is 347 g/mol. The number of benzene rings is 1. The highest BCUT2D eigenvalue weighted by Gasteiger charge is 2.33. The van der Waals surface area contributed by atoms with Gasteiger partial charge >= 0.3 is 0 Å². The van der Waals surface area contributed by atoms with Gasteiger partial charge in [0.15, 0.2) is 5.96 Å². The molecule has 1 aliphatic heterocycles. The summed E-state index contributed by atoms with van der Waals surface area (Å²) in [7, 11) is 3.99. The molecule has 0 aromatic heterocycles. The minimum atomic E-state index is -0.193. The van der Waals surface area contributed by atoms with Crippen LogP contribution in [0.3, 0.4) is 0 Å². The van der Waals surface area contributed by atoms with Crippen LogP contribution in [0.2, 0.25) is 0 Å². The number of rotatable bonds is 6. The van der Waals surface area contributed by atoms with Crippen molar-refractivity contribution >= 4 is 5.96 Å². The third-order valence-corrected chi connectivity index (χ3v) is 5.01. The van der Waals surface area contributed by atoms with Crippen LogP contribution in [0, 0.1) is 0 Å². The molecule has 5 heteroatoms. The van der Waals surface area contributed by atoms with Gasteiger partial charge in [-0.25, -0.2) is 0 Å². The molecule has 2 unspecified atom stereocenters. The number of guanidine groups is 1. The van der Waals surface area contributed by atoms with Gasteiger partial charge in [0.05, 0.1) is 6.04 Å². The number of para-hydroxylation sites is 1. The van der Waals surface area contributed by atoms with Gasteiger partial charge in [-0.05, 0) is 40.3 Å². The van der Waals surface area contributed by atoms with Crippen LogP contribution in [0.25, 0.3) is 0 Å². The molecule has 5 nitrogen and oxygen atoms in total. The monoisotopic (exact) mass is 346 g/mol. The molecule has 1 aromatic rings. The van der Waals surface area contributed by atoms with Crippen molar-refractivity contribution in [1.29, 1.82) is 0 Å². The van der Waals surface area contributed by atoms with Crippen molar-refractivity contribution in [3.8, 4) is 5.75 Å². The number of hydrogen-bond donors (Lipinski definition) is 2. The van der Waals surface area contributed by atoms with Crippen molar-refractivity contribution in [3.05, 3.63) is 29.8 Å². The number of nitrogens with zero attached hydrogens (tertiary/aromatic N) is 2. The Balaban J connectivity index is 1.97.